The van der Waals surface area contributed by atoms with Gasteiger partial charge in [-0.3, -0.25) is 4.79 Å². The van der Waals surface area contributed by atoms with Crippen molar-refractivity contribution in [3.05, 3.63) is 41.4 Å². The van der Waals surface area contributed by atoms with Crippen LogP contribution in [0.25, 0.3) is 0 Å². The number of ketones is 1. The third-order valence-corrected chi connectivity index (χ3v) is 3.84. The Morgan fingerprint density at radius 3 is 3.05 bits per heavy atom. The number of halogens is 1. The highest BCUT2D eigenvalue weighted by Gasteiger charge is 2.10. The van der Waals surface area contributed by atoms with E-state index in [0.717, 1.165) is 17.3 Å². The van der Waals surface area contributed by atoms with E-state index in [9.17, 15) is 4.79 Å². The summed E-state index contributed by atoms with van der Waals surface area (Å²) in [6.45, 7) is 2.70. The van der Waals surface area contributed by atoms with Crippen LogP contribution >= 0.6 is 23.4 Å². The minimum atomic E-state index is 0.132. The molecule has 0 N–H and O–H groups in total. The summed E-state index contributed by atoms with van der Waals surface area (Å²) in [6, 6.07) is 7.49. The molecule has 2 rings (SSSR count). The Labute approximate surface area is 121 Å². The molecular formula is C13H14ClN3OS. The Balaban J connectivity index is 1.88. The highest BCUT2D eigenvalue weighted by molar-refractivity contribution is 8.00. The van der Waals surface area contributed by atoms with E-state index in [1.165, 1.54) is 18.1 Å². The first kappa shape index (κ1) is 14.1. The molecule has 0 aliphatic carbocycles. The number of hydrogen-bond donors (Lipinski definition) is 0. The van der Waals surface area contributed by atoms with Crippen LogP contribution in [0.2, 0.25) is 5.02 Å². The third-order valence-electron chi connectivity index (χ3n) is 2.55. The molecule has 0 radical (unpaired) electrons. The predicted molar refractivity (Wildman–Crippen MR) is 76.6 cm³/mol. The van der Waals surface area contributed by atoms with Gasteiger partial charge in [0.1, 0.15) is 12.2 Å². The maximum absolute atomic E-state index is 11.9. The summed E-state index contributed by atoms with van der Waals surface area (Å²) in [7, 11) is 0. The van der Waals surface area contributed by atoms with Crippen LogP contribution in [0.15, 0.2) is 35.5 Å². The molecule has 0 spiro atoms. The number of hydrogen-bond acceptors (Lipinski definition) is 4. The summed E-state index contributed by atoms with van der Waals surface area (Å²) in [4.78, 5) is 17.0. The fourth-order valence-electron chi connectivity index (χ4n) is 1.64. The summed E-state index contributed by atoms with van der Waals surface area (Å²) in [5.41, 5.74) is 0. The van der Waals surface area contributed by atoms with Crippen LogP contribution < -0.4 is 0 Å². The van der Waals surface area contributed by atoms with Crippen molar-refractivity contribution in [3.63, 3.8) is 0 Å². The van der Waals surface area contributed by atoms with Gasteiger partial charge in [-0.15, -0.1) is 11.8 Å². The molecule has 1 aromatic heterocycles. The summed E-state index contributed by atoms with van der Waals surface area (Å²) in [5, 5.41) is 4.73. The van der Waals surface area contributed by atoms with Gasteiger partial charge in [0, 0.05) is 16.5 Å². The Hall–Kier alpha value is -1.33. The van der Waals surface area contributed by atoms with Crippen LogP contribution in [0, 0.1) is 0 Å². The summed E-state index contributed by atoms with van der Waals surface area (Å²) in [6.07, 6.45) is 1.80. The van der Waals surface area contributed by atoms with Gasteiger partial charge in [-0.05, 0) is 25.1 Å². The number of aryl methyl sites for hydroxylation is 1. The van der Waals surface area contributed by atoms with E-state index in [1.807, 2.05) is 31.2 Å². The van der Waals surface area contributed by atoms with E-state index in [0.29, 0.717) is 17.2 Å². The van der Waals surface area contributed by atoms with Gasteiger partial charge in [-0.2, -0.15) is 5.10 Å². The standard InChI is InChI=1S/C13H14ClN3OS/c1-2-17-13(15-9-16-17)7-11(18)8-19-12-5-3-4-10(14)6-12/h3-6,9H,2,7-8H2,1H3. The number of carbonyl (C=O) groups is 1. The fourth-order valence-corrected chi connectivity index (χ4v) is 2.71. The number of rotatable bonds is 6. The van der Waals surface area contributed by atoms with Crippen molar-refractivity contribution in [1.82, 2.24) is 14.8 Å². The fraction of sp³-hybridized carbons (Fsp3) is 0.308. The Bertz CT molecular complexity index is 571. The Kier molecular flexibility index (Phi) is 4.99. The summed E-state index contributed by atoms with van der Waals surface area (Å²) in [5.74, 6) is 1.27. The van der Waals surface area contributed by atoms with Crippen LogP contribution in [0.3, 0.4) is 0 Å². The number of aromatic nitrogens is 3. The summed E-state index contributed by atoms with van der Waals surface area (Å²) >= 11 is 7.38. The molecule has 0 unspecified atom stereocenters. The number of carbonyl (C=O) groups excluding carboxylic acids is 1. The minimum Gasteiger partial charge on any atom is -0.298 e. The van der Waals surface area contributed by atoms with Gasteiger partial charge in [0.05, 0.1) is 12.2 Å². The van der Waals surface area contributed by atoms with Gasteiger partial charge < -0.3 is 0 Å². The van der Waals surface area contributed by atoms with Crippen LogP contribution in [0.1, 0.15) is 12.7 Å². The van der Waals surface area contributed by atoms with Crippen molar-refractivity contribution in [2.45, 2.75) is 24.8 Å². The smallest absolute Gasteiger partial charge is 0.150 e. The Morgan fingerprint density at radius 1 is 1.47 bits per heavy atom. The number of nitrogens with zero attached hydrogens (tertiary/aromatic N) is 3. The minimum absolute atomic E-state index is 0.132. The number of benzene rings is 1. The van der Waals surface area contributed by atoms with E-state index >= 15 is 0 Å². The van der Waals surface area contributed by atoms with Gasteiger partial charge in [0.15, 0.2) is 5.78 Å². The van der Waals surface area contributed by atoms with Crippen molar-refractivity contribution >= 4 is 29.1 Å². The number of Topliss-reactive ketones (excluding diaryl/α,β-unsaturated/α-hetero) is 1. The first-order valence-electron chi connectivity index (χ1n) is 5.95. The lowest BCUT2D eigenvalue weighted by Crippen LogP contribution is -2.12. The molecule has 0 atom stereocenters. The zero-order valence-electron chi connectivity index (χ0n) is 10.5. The highest BCUT2D eigenvalue weighted by atomic mass is 35.5. The first-order valence-corrected chi connectivity index (χ1v) is 7.32. The lowest BCUT2D eigenvalue weighted by atomic mass is 10.3. The average Bonchev–Trinajstić information content (AvgIpc) is 2.84. The molecule has 1 aromatic carbocycles. The zero-order chi connectivity index (χ0) is 13.7. The predicted octanol–water partition coefficient (Wildman–Crippen LogP) is 2.86. The maximum Gasteiger partial charge on any atom is 0.150 e. The molecule has 0 bridgehead atoms. The van der Waals surface area contributed by atoms with E-state index in [2.05, 4.69) is 10.1 Å². The zero-order valence-corrected chi connectivity index (χ0v) is 12.1. The molecule has 0 aliphatic rings. The van der Waals surface area contributed by atoms with Crippen LogP contribution in [0.4, 0.5) is 0 Å². The summed E-state index contributed by atoms with van der Waals surface area (Å²) < 4.78 is 1.74. The van der Waals surface area contributed by atoms with Gasteiger partial charge in [-0.25, -0.2) is 9.67 Å². The van der Waals surface area contributed by atoms with Gasteiger partial charge in [-0.1, -0.05) is 17.7 Å². The largest absolute Gasteiger partial charge is 0.298 e. The molecule has 0 saturated heterocycles. The molecule has 6 heteroatoms. The van der Waals surface area contributed by atoms with E-state index < -0.39 is 0 Å². The van der Waals surface area contributed by atoms with Gasteiger partial charge in [0.25, 0.3) is 0 Å². The van der Waals surface area contributed by atoms with Crippen molar-refractivity contribution in [1.29, 1.82) is 0 Å². The second-order valence-corrected chi connectivity index (χ2v) is 5.44. The highest BCUT2D eigenvalue weighted by Crippen LogP contribution is 2.21. The van der Waals surface area contributed by atoms with Crippen molar-refractivity contribution < 1.29 is 4.79 Å². The van der Waals surface area contributed by atoms with Crippen LogP contribution in [-0.4, -0.2) is 26.3 Å². The second-order valence-electron chi connectivity index (χ2n) is 3.95. The third kappa shape index (κ3) is 4.08. The monoisotopic (exact) mass is 295 g/mol. The molecule has 19 heavy (non-hydrogen) atoms. The van der Waals surface area contributed by atoms with Gasteiger partial charge in [0.2, 0.25) is 0 Å². The van der Waals surface area contributed by atoms with Crippen molar-refractivity contribution in [2.75, 3.05) is 5.75 Å². The molecule has 4 nitrogen and oxygen atoms in total. The average molecular weight is 296 g/mol. The molecule has 2 aromatic rings. The molecule has 100 valence electrons. The second kappa shape index (κ2) is 6.73. The lowest BCUT2D eigenvalue weighted by molar-refractivity contribution is -0.116. The van der Waals surface area contributed by atoms with E-state index in [4.69, 9.17) is 11.6 Å². The lowest BCUT2D eigenvalue weighted by Gasteiger charge is -2.03. The molecule has 0 saturated carbocycles. The SMILES string of the molecule is CCn1ncnc1CC(=O)CSc1cccc(Cl)c1. The maximum atomic E-state index is 11.9. The van der Waals surface area contributed by atoms with E-state index in [1.54, 1.807) is 4.68 Å². The molecular weight excluding hydrogens is 282 g/mol. The quantitative estimate of drug-likeness (QED) is 0.769. The normalized spacial score (nSPS) is 10.6. The van der Waals surface area contributed by atoms with E-state index in [-0.39, 0.29) is 5.78 Å². The van der Waals surface area contributed by atoms with Gasteiger partial charge >= 0.3 is 0 Å². The first-order chi connectivity index (χ1) is 9.19. The number of thioether (sulfide) groups is 1. The molecule has 0 aliphatic heterocycles. The Morgan fingerprint density at radius 2 is 2.32 bits per heavy atom. The topological polar surface area (TPSA) is 47.8 Å². The van der Waals surface area contributed by atoms with Crippen LogP contribution in [-0.2, 0) is 17.8 Å². The molecule has 1 heterocycles. The van der Waals surface area contributed by atoms with Crippen molar-refractivity contribution in [2.24, 2.45) is 0 Å². The van der Waals surface area contributed by atoms with Crippen molar-refractivity contribution in [3.8, 4) is 0 Å². The molecule has 0 amide bonds. The van der Waals surface area contributed by atoms with Crippen LogP contribution in [0.5, 0.6) is 0 Å². The molecule has 0 fully saturated rings.